The molecule has 0 aliphatic heterocycles. The number of nitrogens with two attached hydrogens (primary N) is 1. The molecule has 3 aromatic rings. The van der Waals surface area contributed by atoms with Crippen molar-refractivity contribution in [3.05, 3.63) is 93.0 Å². The monoisotopic (exact) mass is 500 g/mol. The Kier molecular flexibility index (Phi) is 8.52. The first-order valence-corrected chi connectivity index (χ1v) is 11.1. The number of halogens is 3. The lowest BCUT2D eigenvalue weighted by Gasteiger charge is -2.18. The molecular weight excluding hydrogens is 478 g/mol. The zero-order valence-electron chi connectivity index (χ0n) is 18.6. The van der Waals surface area contributed by atoms with Crippen LogP contribution < -0.4 is 21.1 Å². The first-order chi connectivity index (χ1) is 16.7. The van der Waals surface area contributed by atoms with Crippen LogP contribution in [0.4, 0.5) is 14.6 Å². The summed E-state index contributed by atoms with van der Waals surface area (Å²) in [4.78, 5) is 16.2. The van der Waals surface area contributed by atoms with Crippen LogP contribution in [0.15, 0.2) is 54.7 Å². The third-order valence-electron chi connectivity index (χ3n) is 5.22. The molecule has 35 heavy (non-hydrogen) atoms. The number of alkyl halides is 2. The summed E-state index contributed by atoms with van der Waals surface area (Å²) in [5, 5.41) is 27.8. The molecule has 4 N–H and O–H groups in total. The Hall–Kier alpha value is -3.81. The highest BCUT2D eigenvalue weighted by Crippen LogP contribution is 2.26. The van der Waals surface area contributed by atoms with Gasteiger partial charge in [-0.1, -0.05) is 23.7 Å². The van der Waals surface area contributed by atoms with Crippen LogP contribution in [0.2, 0.25) is 5.02 Å². The van der Waals surface area contributed by atoms with E-state index in [2.05, 4.69) is 15.6 Å². The Bertz CT molecular complexity index is 1230. The zero-order valence-corrected chi connectivity index (χ0v) is 19.4. The third-order valence-corrected chi connectivity index (χ3v) is 5.46. The first-order valence-electron chi connectivity index (χ1n) is 10.7. The molecule has 0 aliphatic carbocycles. The van der Waals surface area contributed by atoms with Crippen LogP contribution in [0, 0.1) is 16.5 Å². The molecule has 0 aliphatic rings. The molecule has 2 heterocycles. The number of nitrogens with one attached hydrogen (secondary N) is 2. The van der Waals surface area contributed by atoms with Gasteiger partial charge in [0.25, 0.3) is 5.82 Å². The molecular formula is C24H23ClF2N6O2. The molecule has 0 bridgehead atoms. The highest BCUT2D eigenvalue weighted by atomic mass is 35.5. The van der Waals surface area contributed by atoms with Crippen molar-refractivity contribution in [2.45, 2.75) is 25.3 Å². The Morgan fingerprint density at radius 2 is 2.03 bits per heavy atom. The van der Waals surface area contributed by atoms with E-state index >= 15 is 0 Å². The summed E-state index contributed by atoms with van der Waals surface area (Å²) in [5.74, 6) is -4.10. The number of nitrogens with zero attached hydrogens (tertiary/aromatic N) is 3. The van der Waals surface area contributed by atoms with E-state index in [4.69, 9.17) is 17.3 Å². The van der Waals surface area contributed by atoms with Crippen molar-refractivity contribution in [2.24, 2.45) is 5.73 Å². The number of anilines is 1. The lowest BCUT2D eigenvalue weighted by atomic mass is 10.0. The Morgan fingerprint density at radius 1 is 1.23 bits per heavy atom. The fraction of sp³-hybridized carbons (Fsp3) is 0.250. The van der Waals surface area contributed by atoms with Crippen molar-refractivity contribution in [1.82, 2.24) is 10.3 Å². The highest BCUT2D eigenvalue weighted by molar-refractivity contribution is 6.30. The lowest BCUT2D eigenvalue weighted by Crippen LogP contribution is -2.41. The van der Waals surface area contributed by atoms with Gasteiger partial charge < -0.3 is 16.3 Å². The maximum atomic E-state index is 14.4. The van der Waals surface area contributed by atoms with Crippen molar-refractivity contribution in [2.75, 3.05) is 18.4 Å². The van der Waals surface area contributed by atoms with E-state index in [0.717, 1.165) is 11.1 Å². The fourth-order valence-corrected chi connectivity index (χ4v) is 3.61. The van der Waals surface area contributed by atoms with E-state index in [1.54, 1.807) is 12.1 Å². The molecule has 2 aromatic heterocycles. The van der Waals surface area contributed by atoms with Crippen LogP contribution in [0.1, 0.15) is 28.1 Å². The minimum atomic E-state index is -3.35. The molecule has 0 radical (unpaired) electrons. The van der Waals surface area contributed by atoms with Crippen molar-refractivity contribution in [1.29, 1.82) is 5.26 Å². The smallest absolute Gasteiger partial charge is 0.325 e. The predicted molar refractivity (Wildman–Crippen MR) is 126 cm³/mol. The van der Waals surface area contributed by atoms with Gasteiger partial charge in [-0.2, -0.15) is 14.0 Å². The van der Waals surface area contributed by atoms with Gasteiger partial charge in [-0.05, 0) is 54.4 Å². The Morgan fingerprint density at radius 3 is 2.71 bits per heavy atom. The lowest BCUT2D eigenvalue weighted by molar-refractivity contribution is -0.598. The summed E-state index contributed by atoms with van der Waals surface area (Å²) >= 11 is 6.05. The van der Waals surface area contributed by atoms with Crippen molar-refractivity contribution in [3.63, 3.8) is 0 Å². The second-order valence-electron chi connectivity index (χ2n) is 7.66. The molecule has 3 rings (SSSR count). The van der Waals surface area contributed by atoms with E-state index in [9.17, 15) is 24.0 Å². The molecule has 1 amide bonds. The number of carbonyl (C=O) groups is 1. The van der Waals surface area contributed by atoms with Crippen LogP contribution in [0.3, 0.4) is 0 Å². The normalized spacial score (nSPS) is 11.1. The van der Waals surface area contributed by atoms with Crippen molar-refractivity contribution >= 4 is 23.3 Å². The summed E-state index contributed by atoms with van der Waals surface area (Å²) in [6.45, 7) is -0.338. The SMILES string of the molecule is N#Cc1ccc(NCC(F)(F)c2ccccn2)[n+]([O-])c1CC(=O)NCc1cc(Cl)ccc1CCN. The maximum Gasteiger partial charge on any atom is 0.325 e. The Labute approximate surface area is 205 Å². The number of amides is 1. The van der Waals surface area contributed by atoms with Gasteiger partial charge in [0.05, 0.1) is 12.0 Å². The molecule has 11 heteroatoms. The van der Waals surface area contributed by atoms with Gasteiger partial charge in [0.2, 0.25) is 5.91 Å². The summed E-state index contributed by atoms with van der Waals surface area (Å²) in [6, 6.07) is 13.8. The van der Waals surface area contributed by atoms with Gasteiger partial charge in [-0.3, -0.25) is 15.1 Å². The zero-order chi connectivity index (χ0) is 25.4. The molecule has 8 nitrogen and oxygen atoms in total. The van der Waals surface area contributed by atoms with Crippen LogP contribution in [-0.4, -0.2) is 24.0 Å². The average molecular weight is 501 g/mol. The number of pyridine rings is 2. The Balaban J connectivity index is 1.72. The van der Waals surface area contributed by atoms with E-state index in [1.165, 1.54) is 36.5 Å². The number of aromatic nitrogens is 2. The number of rotatable bonds is 10. The molecule has 0 spiro atoms. The molecule has 1 aromatic carbocycles. The van der Waals surface area contributed by atoms with Crippen molar-refractivity contribution < 1.29 is 18.3 Å². The van der Waals surface area contributed by atoms with Crippen LogP contribution in [0.25, 0.3) is 0 Å². The van der Waals surface area contributed by atoms with E-state index < -0.39 is 30.5 Å². The summed E-state index contributed by atoms with van der Waals surface area (Å²) in [6.07, 6.45) is 1.42. The number of nitriles is 1. The van der Waals surface area contributed by atoms with Gasteiger partial charge >= 0.3 is 5.92 Å². The summed E-state index contributed by atoms with van der Waals surface area (Å²) in [7, 11) is 0. The van der Waals surface area contributed by atoms with Crippen molar-refractivity contribution in [3.8, 4) is 6.07 Å². The van der Waals surface area contributed by atoms with Gasteiger partial charge in [0.15, 0.2) is 6.54 Å². The fourth-order valence-electron chi connectivity index (χ4n) is 3.42. The van der Waals surface area contributed by atoms with E-state index in [1.807, 2.05) is 12.1 Å². The summed E-state index contributed by atoms with van der Waals surface area (Å²) in [5.41, 5.74) is 6.68. The second kappa shape index (κ2) is 11.6. The van der Waals surface area contributed by atoms with Crippen LogP contribution in [-0.2, 0) is 30.1 Å². The van der Waals surface area contributed by atoms with Gasteiger partial charge in [-0.25, -0.2) is 4.73 Å². The average Bonchev–Trinajstić information content (AvgIpc) is 2.85. The second-order valence-corrected chi connectivity index (χ2v) is 8.10. The number of benzene rings is 1. The number of carbonyl (C=O) groups excluding carboxylic acids is 1. The molecule has 182 valence electrons. The quantitative estimate of drug-likeness (QED) is 0.290. The van der Waals surface area contributed by atoms with Gasteiger partial charge in [0.1, 0.15) is 17.5 Å². The highest BCUT2D eigenvalue weighted by Gasteiger charge is 2.35. The maximum absolute atomic E-state index is 14.4. The number of hydrogen-bond acceptors (Lipinski definition) is 6. The predicted octanol–water partition coefficient (Wildman–Crippen LogP) is 2.80. The largest absolute Gasteiger partial charge is 0.710 e. The molecule has 0 atom stereocenters. The third kappa shape index (κ3) is 6.62. The standard InChI is InChI=1S/C24H23ClF2N6O2/c25-19-6-4-16(8-9-28)18(11-19)14-31-23(34)12-20-17(13-29)5-7-22(33(20)35)32-15-24(26,27)21-3-1-2-10-30-21/h1-7,10-11,32H,8-9,12,14-15,28H2,(H,31,34). The van der Waals surface area contributed by atoms with Crippen LogP contribution >= 0.6 is 11.6 Å². The summed E-state index contributed by atoms with van der Waals surface area (Å²) < 4.78 is 29.2. The molecule has 0 saturated heterocycles. The van der Waals surface area contributed by atoms with E-state index in [0.29, 0.717) is 18.0 Å². The van der Waals surface area contributed by atoms with E-state index in [-0.39, 0.29) is 28.4 Å². The number of hydrogen-bond donors (Lipinski definition) is 3. The molecule has 0 unspecified atom stereocenters. The minimum absolute atomic E-state index is 0.0382. The van der Waals surface area contributed by atoms with Crippen LogP contribution in [0.5, 0.6) is 0 Å². The minimum Gasteiger partial charge on any atom is -0.710 e. The van der Waals surface area contributed by atoms with Gasteiger partial charge in [0, 0.05) is 23.8 Å². The molecule has 0 fully saturated rings. The first kappa shape index (κ1) is 25.8. The molecule has 0 saturated carbocycles. The topological polar surface area (TPSA) is 131 Å². The van der Waals surface area contributed by atoms with Gasteiger partial charge in [-0.15, -0.1) is 0 Å².